The van der Waals surface area contributed by atoms with Crippen molar-refractivity contribution in [3.05, 3.63) is 35.6 Å². The highest BCUT2D eigenvalue weighted by atomic mass is 16.4. The zero-order valence-electron chi connectivity index (χ0n) is 8.40. The van der Waals surface area contributed by atoms with Crippen molar-refractivity contribution < 1.29 is 9.52 Å². The third-order valence-electron chi connectivity index (χ3n) is 2.22. The van der Waals surface area contributed by atoms with Gasteiger partial charge >= 0.3 is 0 Å². The van der Waals surface area contributed by atoms with Crippen LogP contribution in [0.2, 0.25) is 0 Å². The lowest BCUT2D eigenvalue weighted by molar-refractivity contribution is 0.282. The maximum absolute atomic E-state index is 8.90. The number of aromatic nitrogens is 1. The van der Waals surface area contributed by atoms with Gasteiger partial charge < -0.3 is 15.3 Å². The highest BCUT2D eigenvalue weighted by Gasteiger charge is 2.08. The number of oxazole rings is 1. The van der Waals surface area contributed by atoms with Gasteiger partial charge in [0.15, 0.2) is 0 Å². The van der Waals surface area contributed by atoms with Gasteiger partial charge in [-0.2, -0.15) is 4.98 Å². The molecule has 0 bridgehead atoms. The molecular formula is C11H12N2O2. The van der Waals surface area contributed by atoms with Gasteiger partial charge in [0.05, 0.1) is 6.61 Å². The normalized spacial score (nSPS) is 10.5. The van der Waals surface area contributed by atoms with E-state index < -0.39 is 0 Å². The molecule has 4 nitrogen and oxygen atoms in total. The molecule has 1 aromatic heterocycles. The Morgan fingerprint density at radius 2 is 2.00 bits per heavy atom. The first-order chi connectivity index (χ1) is 7.20. The number of benzene rings is 1. The largest absolute Gasteiger partial charge is 0.429 e. The predicted octanol–water partition coefficient (Wildman–Crippen LogP) is 1.72. The first-order valence-electron chi connectivity index (χ1n) is 4.64. The van der Waals surface area contributed by atoms with Crippen LogP contribution >= 0.6 is 0 Å². The summed E-state index contributed by atoms with van der Waals surface area (Å²) in [7, 11) is 0. The third-order valence-corrected chi connectivity index (χ3v) is 2.22. The fourth-order valence-corrected chi connectivity index (χ4v) is 1.45. The van der Waals surface area contributed by atoms with E-state index >= 15 is 0 Å². The minimum atomic E-state index is 0.0419. The highest BCUT2D eigenvalue weighted by Crippen LogP contribution is 2.24. The summed E-state index contributed by atoms with van der Waals surface area (Å²) in [5.74, 6) is 0.698. The van der Waals surface area contributed by atoms with E-state index in [-0.39, 0.29) is 12.6 Å². The molecule has 2 rings (SSSR count). The Bertz CT molecular complexity index is 460. The summed E-state index contributed by atoms with van der Waals surface area (Å²) in [5.41, 5.74) is 8.01. The fourth-order valence-electron chi connectivity index (χ4n) is 1.45. The van der Waals surface area contributed by atoms with Gasteiger partial charge in [0.25, 0.3) is 6.01 Å². The van der Waals surface area contributed by atoms with E-state index in [9.17, 15) is 0 Å². The number of nitrogens with two attached hydrogens (primary N) is 1. The van der Waals surface area contributed by atoms with Gasteiger partial charge in [-0.05, 0) is 12.5 Å². The first kappa shape index (κ1) is 9.73. The van der Waals surface area contributed by atoms with E-state index in [4.69, 9.17) is 15.3 Å². The SMILES string of the molecule is Cc1oc(N)nc1-c1ccc(CO)cc1. The van der Waals surface area contributed by atoms with E-state index in [1.165, 1.54) is 0 Å². The Balaban J connectivity index is 2.41. The van der Waals surface area contributed by atoms with Crippen LogP contribution in [0.4, 0.5) is 6.01 Å². The van der Waals surface area contributed by atoms with Crippen LogP contribution in [0.1, 0.15) is 11.3 Å². The number of aryl methyl sites for hydroxylation is 1. The maximum atomic E-state index is 8.90. The third kappa shape index (κ3) is 1.85. The summed E-state index contributed by atoms with van der Waals surface area (Å²) in [6, 6.07) is 7.64. The van der Waals surface area contributed by atoms with E-state index in [0.29, 0.717) is 5.76 Å². The van der Waals surface area contributed by atoms with Crippen molar-refractivity contribution in [2.24, 2.45) is 0 Å². The average Bonchev–Trinajstić information content (AvgIpc) is 2.58. The molecule has 0 aliphatic rings. The van der Waals surface area contributed by atoms with E-state index in [1.54, 1.807) is 0 Å². The lowest BCUT2D eigenvalue weighted by Crippen LogP contribution is -1.86. The first-order valence-corrected chi connectivity index (χ1v) is 4.64. The van der Waals surface area contributed by atoms with Crippen molar-refractivity contribution in [1.29, 1.82) is 0 Å². The molecule has 2 aromatic rings. The zero-order chi connectivity index (χ0) is 10.8. The lowest BCUT2D eigenvalue weighted by Gasteiger charge is -1.99. The van der Waals surface area contributed by atoms with Crippen molar-refractivity contribution in [3.63, 3.8) is 0 Å². The van der Waals surface area contributed by atoms with Gasteiger partial charge in [0.1, 0.15) is 11.5 Å². The Kier molecular flexibility index (Phi) is 2.43. The number of hydrogen-bond acceptors (Lipinski definition) is 4. The number of nitrogens with zero attached hydrogens (tertiary/aromatic N) is 1. The van der Waals surface area contributed by atoms with Crippen LogP contribution in [0, 0.1) is 6.92 Å². The molecule has 0 aliphatic carbocycles. The molecule has 78 valence electrons. The van der Waals surface area contributed by atoms with Crippen LogP contribution in [0.25, 0.3) is 11.3 Å². The van der Waals surface area contributed by atoms with Gasteiger partial charge in [-0.1, -0.05) is 24.3 Å². The lowest BCUT2D eigenvalue weighted by atomic mass is 10.1. The Labute approximate surface area is 87.4 Å². The quantitative estimate of drug-likeness (QED) is 0.781. The van der Waals surface area contributed by atoms with Gasteiger partial charge in [0, 0.05) is 5.56 Å². The summed E-state index contributed by atoms with van der Waals surface area (Å²) in [6.07, 6.45) is 0. The van der Waals surface area contributed by atoms with Crippen molar-refractivity contribution in [3.8, 4) is 11.3 Å². The molecule has 0 saturated heterocycles. The molecule has 0 radical (unpaired) electrons. The van der Waals surface area contributed by atoms with Gasteiger partial charge in [0.2, 0.25) is 0 Å². The monoisotopic (exact) mass is 204 g/mol. The second-order valence-corrected chi connectivity index (χ2v) is 3.31. The summed E-state index contributed by atoms with van der Waals surface area (Å²) >= 11 is 0. The van der Waals surface area contributed by atoms with Crippen molar-refractivity contribution in [1.82, 2.24) is 4.98 Å². The van der Waals surface area contributed by atoms with Crippen LogP contribution < -0.4 is 5.73 Å². The van der Waals surface area contributed by atoms with Crippen LogP contribution in [0.15, 0.2) is 28.7 Å². The highest BCUT2D eigenvalue weighted by molar-refractivity contribution is 5.62. The fraction of sp³-hybridized carbons (Fsp3) is 0.182. The maximum Gasteiger partial charge on any atom is 0.292 e. The summed E-state index contributed by atoms with van der Waals surface area (Å²) in [5, 5.41) is 8.90. The van der Waals surface area contributed by atoms with Gasteiger partial charge in [-0.25, -0.2) is 0 Å². The average molecular weight is 204 g/mol. The van der Waals surface area contributed by atoms with Crippen LogP contribution in [-0.2, 0) is 6.61 Å². The molecule has 0 amide bonds. The predicted molar refractivity (Wildman–Crippen MR) is 57.0 cm³/mol. The second kappa shape index (κ2) is 3.74. The van der Waals surface area contributed by atoms with Crippen LogP contribution in [0.3, 0.4) is 0 Å². The molecule has 0 unspecified atom stereocenters. The minimum Gasteiger partial charge on any atom is -0.429 e. The molecule has 3 N–H and O–H groups in total. The molecule has 0 aliphatic heterocycles. The van der Waals surface area contributed by atoms with E-state index in [2.05, 4.69) is 4.98 Å². The van der Waals surface area contributed by atoms with E-state index in [0.717, 1.165) is 16.8 Å². The molecule has 1 aromatic carbocycles. The summed E-state index contributed by atoms with van der Waals surface area (Å²) in [6.45, 7) is 1.86. The smallest absolute Gasteiger partial charge is 0.292 e. The van der Waals surface area contributed by atoms with Crippen LogP contribution in [-0.4, -0.2) is 10.1 Å². The molecule has 0 saturated carbocycles. The second-order valence-electron chi connectivity index (χ2n) is 3.31. The summed E-state index contributed by atoms with van der Waals surface area (Å²) in [4.78, 5) is 4.08. The molecular weight excluding hydrogens is 192 g/mol. The van der Waals surface area contributed by atoms with Gasteiger partial charge in [-0.3, -0.25) is 0 Å². The van der Waals surface area contributed by atoms with E-state index in [1.807, 2.05) is 31.2 Å². The van der Waals surface area contributed by atoms with Crippen molar-refractivity contribution in [2.75, 3.05) is 5.73 Å². The number of rotatable bonds is 2. The topological polar surface area (TPSA) is 72.3 Å². The summed E-state index contributed by atoms with van der Waals surface area (Å²) < 4.78 is 5.14. The Morgan fingerprint density at radius 1 is 1.33 bits per heavy atom. The number of anilines is 1. The molecule has 1 heterocycles. The van der Waals surface area contributed by atoms with Crippen molar-refractivity contribution in [2.45, 2.75) is 13.5 Å². The molecule has 4 heteroatoms. The molecule has 0 spiro atoms. The number of aliphatic hydroxyl groups excluding tert-OH is 1. The molecule has 0 atom stereocenters. The Hall–Kier alpha value is -1.81. The molecule has 15 heavy (non-hydrogen) atoms. The Morgan fingerprint density at radius 3 is 2.47 bits per heavy atom. The number of hydrogen-bond donors (Lipinski definition) is 2. The number of aliphatic hydroxyl groups is 1. The van der Waals surface area contributed by atoms with Crippen molar-refractivity contribution >= 4 is 6.01 Å². The number of nitrogen functional groups attached to an aromatic ring is 1. The standard InChI is InChI=1S/C11H12N2O2/c1-7-10(13-11(12)15-7)9-4-2-8(6-14)3-5-9/h2-5,14H,6H2,1H3,(H2,12,13). The van der Waals surface area contributed by atoms with Gasteiger partial charge in [-0.15, -0.1) is 0 Å². The zero-order valence-corrected chi connectivity index (χ0v) is 8.40. The minimum absolute atomic E-state index is 0.0419. The van der Waals surface area contributed by atoms with Crippen LogP contribution in [0.5, 0.6) is 0 Å². The molecule has 0 fully saturated rings.